The Balaban J connectivity index is 2.34. The third kappa shape index (κ3) is 4.88. The van der Waals surface area contributed by atoms with Crippen LogP contribution in [0.1, 0.15) is 31.7 Å². The molecule has 0 aromatic heterocycles. The maximum absolute atomic E-state index is 11.9. The van der Waals surface area contributed by atoms with Gasteiger partial charge in [0.25, 0.3) is 5.71 Å². The maximum Gasteiger partial charge on any atom is 0.366 e. The molecule has 1 amide bonds. The number of esters is 2. The Morgan fingerprint density at radius 3 is 2.27 bits per heavy atom. The average Bonchev–Trinajstić information content (AvgIpc) is 2.64. The summed E-state index contributed by atoms with van der Waals surface area (Å²) in [5.74, 6) is -2.16. The van der Waals surface area contributed by atoms with Gasteiger partial charge in [0.1, 0.15) is 0 Å². The highest BCUT2D eigenvalue weighted by molar-refractivity contribution is 6.62. The van der Waals surface area contributed by atoms with Crippen molar-refractivity contribution in [3.63, 3.8) is 0 Å². The van der Waals surface area contributed by atoms with Gasteiger partial charge < -0.3 is 9.47 Å². The molecule has 0 spiro atoms. The molecule has 1 fully saturated rings. The number of amides is 1. The highest BCUT2D eigenvalue weighted by atomic mass is 16.6. The van der Waals surface area contributed by atoms with Crippen molar-refractivity contribution < 1.29 is 23.9 Å². The van der Waals surface area contributed by atoms with E-state index in [0.29, 0.717) is 5.84 Å². The zero-order valence-electron chi connectivity index (χ0n) is 14.5. The number of hydrazine groups is 1. The second kappa shape index (κ2) is 9.30. The Morgan fingerprint density at radius 1 is 1.08 bits per heavy atom. The SMILES string of the molecule is CCOC(=O)C(=N/N=C1/NNC(=O)CC1c1ccccc1)C(=O)OCC. The number of carbonyl (C=O) groups excluding carboxylic acids is 3. The van der Waals surface area contributed by atoms with E-state index in [4.69, 9.17) is 9.47 Å². The van der Waals surface area contributed by atoms with Crippen molar-refractivity contribution >= 4 is 29.4 Å². The second-order valence-corrected chi connectivity index (χ2v) is 5.22. The van der Waals surface area contributed by atoms with Gasteiger partial charge in [-0.2, -0.15) is 0 Å². The predicted octanol–water partition coefficient (Wildman–Crippen LogP) is 0.675. The number of amidine groups is 1. The van der Waals surface area contributed by atoms with E-state index in [9.17, 15) is 14.4 Å². The Kier molecular flexibility index (Phi) is 6.84. The fourth-order valence-corrected chi connectivity index (χ4v) is 2.28. The van der Waals surface area contributed by atoms with Crippen LogP contribution in [-0.2, 0) is 23.9 Å². The number of hydrogen-bond donors (Lipinski definition) is 2. The lowest BCUT2D eigenvalue weighted by Crippen LogP contribution is -2.50. The summed E-state index contributed by atoms with van der Waals surface area (Å²) in [7, 11) is 0. The van der Waals surface area contributed by atoms with E-state index < -0.39 is 17.7 Å². The van der Waals surface area contributed by atoms with Crippen LogP contribution >= 0.6 is 0 Å². The van der Waals surface area contributed by atoms with Crippen molar-refractivity contribution in [2.75, 3.05) is 13.2 Å². The van der Waals surface area contributed by atoms with Gasteiger partial charge in [-0.05, 0) is 19.4 Å². The molecule has 2 rings (SSSR count). The van der Waals surface area contributed by atoms with Gasteiger partial charge in [-0.15, -0.1) is 10.2 Å². The molecule has 0 bridgehead atoms. The van der Waals surface area contributed by atoms with Crippen molar-refractivity contribution in [1.82, 2.24) is 10.9 Å². The van der Waals surface area contributed by atoms with Gasteiger partial charge in [0.2, 0.25) is 5.91 Å². The first-order chi connectivity index (χ1) is 12.6. The van der Waals surface area contributed by atoms with Crippen LogP contribution < -0.4 is 10.9 Å². The number of ether oxygens (including phenoxy) is 2. The summed E-state index contributed by atoms with van der Waals surface area (Å²) in [5, 5.41) is 7.69. The van der Waals surface area contributed by atoms with Gasteiger partial charge in [0.05, 0.1) is 19.1 Å². The fraction of sp³-hybridized carbons (Fsp3) is 0.353. The lowest BCUT2D eigenvalue weighted by Gasteiger charge is -2.25. The summed E-state index contributed by atoms with van der Waals surface area (Å²) >= 11 is 0. The molecule has 138 valence electrons. The summed E-state index contributed by atoms with van der Waals surface area (Å²) in [4.78, 5) is 35.5. The molecule has 0 saturated carbocycles. The summed E-state index contributed by atoms with van der Waals surface area (Å²) in [5.41, 5.74) is 5.38. The van der Waals surface area contributed by atoms with Crippen LogP contribution in [0, 0.1) is 0 Å². The van der Waals surface area contributed by atoms with Crippen LogP contribution in [-0.4, -0.2) is 42.6 Å². The van der Waals surface area contributed by atoms with Crippen LogP contribution in [0.4, 0.5) is 0 Å². The van der Waals surface area contributed by atoms with E-state index in [2.05, 4.69) is 21.1 Å². The molecule has 1 aliphatic rings. The molecule has 2 N–H and O–H groups in total. The van der Waals surface area contributed by atoms with Crippen LogP contribution in [0.25, 0.3) is 0 Å². The predicted molar refractivity (Wildman–Crippen MR) is 93.2 cm³/mol. The second-order valence-electron chi connectivity index (χ2n) is 5.22. The van der Waals surface area contributed by atoms with Gasteiger partial charge in [-0.25, -0.2) is 9.59 Å². The largest absolute Gasteiger partial charge is 0.461 e. The molecule has 1 aliphatic heterocycles. The fourth-order valence-electron chi connectivity index (χ4n) is 2.28. The number of nitrogens with one attached hydrogen (secondary N) is 2. The van der Waals surface area contributed by atoms with Crippen LogP contribution in [0.15, 0.2) is 40.5 Å². The molecule has 1 aromatic carbocycles. The summed E-state index contributed by atoms with van der Waals surface area (Å²) in [6.45, 7) is 3.37. The van der Waals surface area contributed by atoms with Gasteiger partial charge >= 0.3 is 11.9 Å². The van der Waals surface area contributed by atoms with Gasteiger partial charge in [0.15, 0.2) is 5.84 Å². The van der Waals surface area contributed by atoms with Gasteiger partial charge in [0, 0.05) is 6.42 Å². The lowest BCUT2D eigenvalue weighted by molar-refractivity contribution is -0.140. The molecule has 1 saturated heterocycles. The molecular weight excluding hydrogens is 340 g/mol. The molecule has 1 heterocycles. The number of benzene rings is 1. The van der Waals surface area contributed by atoms with E-state index in [0.717, 1.165) is 5.56 Å². The van der Waals surface area contributed by atoms with Crippen LogP contribution in [0.3, 0.4) is 0 Å². The van der Waals surface area contributed by atoms with Crippen molar-refractivity contribution in [2.24, 2.45) is 10.2 Å². The zero-order chi connectivity index (χ0) is 18.9. The maximum atomic E-state index is 11.9. The standard InChI is InChI=1S/C17H20N4O5/c1-3-25-16(23)14(17(24)26-4-2)19-21-15-12(10-13(22)18-20-15)11-8-6-5-7-9-11/h5-9,12H,3-4,10H2,1-2H3,(H,18,22)(H,20,21). The molecule has 9 heteroatoms. The quantitative estimate of drug-likeness (QED) is 0.333. The minimum Gasteiger partial charge on any atom is -0.461 e. The highest BCUT2D eigenvalue weighted by Crippen LogP contribution is 2.22. The van der Waals surface area contributed by atoms with E-state index in [1.54, 1.807) is 13.8 Å². The normalized spacial score (nSPS) is 17.7. The molecular formula is C17H20N4O5. The molecule has 26 heavy (non-hydrogen) atoms. The third-order valence-corrected chi connectivity index (χ3v) is 3.45. The van der Waals surface area contributed by atoms with E-state index in [-0.39, 0.29) is 31.5 Å². The van der Waals surface area contributed by atoms with Gasteiger partial charge in [-0.3, -0.25) is 15.6 Å². The molecule has 1 aromatic rings. The minimum absolute atomic E-state index is 0.0782. The van der Waals surface area contributed by atoms with Crippen molar-refractivity contribution in [1.29, 1.82) is 0 Å². The van der Waals surface area contributed by atoms with E-state index in [1.165, 1.54) is 0 Å². The molecule has 1 atom stereocenters. The van der Waals surface area contributed by atoms with Crippen molar-refractivity contribution in [3.05, 3.63) is 35.9 Å². The molecule has 0 aliphatic carbocycles. The summed E-state index contributed by atoms with van der Waals surface area (Å²) in [6.07, 6.45) is 0.152. The topological polar surface area (TPSA) is 118 Å². The first kappa shape index (κ1) is 19.1. The highest BCUT2D eigenvalue weighted by Gasteiger charge is 2.28. The lowest BCUT2D eigenvalue weighted by atomic mass is 9.93. The van der Waals surface area contributed by atoms with E-state index in [1.807, 2.05) is 30.3 Å². The smallest absolute Gasteiger partial charge is 0.366 e. The average molecular weight is 360 g/mol. The minimum atomic E-state index is -0.925. The van der Waals surface area contributed by atoms with Gasteiger partial charge in [-0.1, -0.05) is 30.3 Å². The Morgan fingerprint density at radius 2 is 1.69 bits per heavy atom. The van der Waals surface area contributed by atoms with Crippen LogP contribution in [0.5, 0.6) is 0 Å². The third-order valence-electron chi connectivity index (χ3n) is 3.45. The zero-order valence-corrected chi connectivity index (χ0v) is 14.5. The first-order valence-electron chi connectivity index (χ1n) is 8.16. The first-order valence-corrected chi connectivity index (χ1v) is 8.16. The Hall–Kier alpha value is -3.23. The Labute approximate surface area is 150 Å². The Bertz CT molecular complexity index is 710. The number of nitrogens with zero attached hydrogens (tertiary/aromatic N) is 2. The molecule has 9 nitrogen and oxygen atoms in total. The number of carbonyl (C=O) groups is 3. The summed E-state index contributed by atoms with van der Waals surface area (Å²) < 4.78 is 9.62. The summed E-state index contributed by atoms with van der Waals surface area (Å²) in [6, 6.07) is 9.23. The molecule has 0 radical (unpaired) electrons. The van der Waals surface area contributed by atoms with Crippen LogP contribution in [0.2, 0.25) is 0 Å². The van der Waals surface area contributed by atoms with E-state index >= 15 is 0 Å². The number of hydrogen-bond acceptors (Lipinski definition) is 7. The van der Waals surface area contributed by atoms with Crippen molar-refractivity contribution in [2.45, 2.75) is 26.2 Å². The molecule has 1 unspecified atom stereocenters. The number of rotatable bonds is 6. The van der Waals surface area contributed by atoms with Crippen molar-refractivity contribution in [3.8, 4) is 0 Å². The monoisotopic (exact) mass is 360 g/mol.